The molecule has 1 unspecified atom stereocenters. The molecule has 0 aliphatic carbocycles. The van der Waals surface area contributed by atoms with Gasteiger partial charge in [0.1, 0.15) is 0 Å². The molecule has 0 aromatic heterocycles. The Morgan fingerprint density at radius 2 is 2.05 bits per heavy atom. The third kappa shape index (κ3) is 3.56. The van der Waals surface area contributed by atoms with Crippen molar-refractivity contribution in [3.05, 3.63) is 35.4 Å². The molecule has 1 amide bonds. The van der Waals surface area contributed by atoms with Gasteiger partial charge in [0.25, 0.3) is 5.91 Å². The minimum absolute atomic E-state index is 0.248. The largest absolute Gasteiger partial charge is 0.298 e. The fourth-order valence-corrected chi connectivity index (χ4v) is 2.79. The van der Waals surface area contributed by atoms with Crippen LogP contribution in [0.2, 0.25) is 0 Å². The van der Waals surface area contributed by atoms with Crippen LogP contribution in [0.25, 0.3) is 0 Å². The minimum atomic E-state index is -0.248. The number of carbonyl (C=O) groups excluding carboxylic acids is 1. The molecular formula is C15H24N4O. The van der Waals surface area contributed by atoms with Crippen LogP contribution in [0.15, 0.2) is 24.3 Å². The number of hydrogen-bond donors (Lipinski definition) is 2. The molecular weight excluding hydrogens is 252 g/mol. The van der Waals surface area contributed by atoms with Gasteiger partial charge in [-0.1, -0.05) is 19.1 Å². The average molecular weight is 276 g/mol. The summed E-state index contributed by atoms with van der Waals surface area (Å²) < 4.78 is 0. The lowest BCUT2D eigenvalue weighted by molar-refractivity contribution is 0.0834. The van der Waals surface area contributed by atoms with E-state index in [9.17, 15) is 4.79 Å². The minimum Gasteiger partial charge on any atom is -0.298 e. The lowest BCUT2D eigenvalue weighted by atomic mass is 10.1. The Labute approximate surface area is 120 Å². The Balaban J connectivity index is 1.92. The van der Waals surface area contributed by atoms with Gasteiger partial charge < -0.3 is 0 Å². The summed E-state index contributed by atoms with van der Waals surface area (Å²) in [5.74, 6) is 4.87. The molecule has 5 heteroatoms. The summed E-state index contributed by atoms with van der Waals surface area (Å²) in [5, 5.41) is 0. The van der Waals surface area contributed by atoms with Gasteiger partial charge in [-0.15, -0.1) is 0 Å². The highest BCUT2D eigenvalue weighted by molar-refractivity contribution is 5.93. The number of rotatable bonds is 4. The summed E-state index contributed by atoms with van der Waals surface area (Å²) in [6, 6.07) is 8.26. The molecule has 3 N–H and O–H groups in total. The molecule has 110 valence electrons. The number of hydrazine groups is 1. The van der Waals surface area contributed by atoms with Crippen molar-refractivity contribution >= 4 is 5.91 Å². The van der Waals surface area contributed by atoms with Crippen molar-refractivity contribution in [2.75, 3.05) is 26.2 Å². The summed E-state index contributed by atoms with van der Waals surface area (Å²) in [6.07, 6.45) is 0. The van der Waals surface area contributed by atoms with Crippen LogP contribution >= 0.6 is 0 Å². The molecule has 5 nitrogen and oxygen atoms in total. The second kappa shape index (κ2) is 6.83. The number of piperazine rings is 1. The predicted molar refractivity (Wildman–Crippen MR) is 80.1 cm³/mol. The molecule has 1 heterocycles. The third-order valence-corrected chi connectivity index (χ3v) is 4.01. The first-order valence-corrected chi connectivity index (χ1v) is 7.20. The molecule has 1 aliphatic rings. The lowest BCUT2D eigenvalue weighted by Gasteiger charge is -2.39. The maximum absolute atomic E-state index is 11.4. The number of amides is 1. The number of nitrogens with zero attached hydrogens (tertiary/aromatic N) is 2. The molecule has 1 aromatic carbocycles. The predicted octanol–water partition coefficient (Wildman–Crippen LogP) is 0.816. The zero-order valence-corrected chi connectivity index (χ0v) is 12.3. The molecule has 2 rings (SSSR count). The maximum atomic E-state index is 11.4. The van der Waals surface area contributed by atoms with Crippen LogP contribution in [0.3, 0.4) is 0 Å². The molecule has 0 radical (unpaired) electrons. The van der Waals surface area contributed by atoms with Gasteiger partial charge in [0, 0.05) is 37.8 Å². The van der Waals surface area contributed by atoms with E-state index in [0.29, 0.717) is 11.6 Å². The first-order valence-electron chi connectivity index (χ1n) is 7.20. The number of carbonyl (C=O) groups is 1. The molecule has 1 aliphatic heterocycles. The molecule has 1 aromatic rings. The van der Waals surface area contributed by atoms with E-state index in [1.807, 2.05) is 24.3 Å². The van der Waals surface area contributed by atoms with Crippen molar-refractivity contribution in [2.45, 2.75) is 26.4 Å². The van der Waals surface area contributed by atoms with E-state index < -0.39 is 0 Å². The van der Waals surface area contributed by atoms with E-state index in [1.165, 1.54) is 5.56 Å². The van der Waals surface area contributed by atoms with Gasteiger partial charge >= 0.3 is 0 Å². The monoisotopic (exact) mass is 276 g/mol. The Bertz CT molecular complexity index is 446. The van der Waals surface area contributed by atoms with Crippen molar-refractivity contribution < 1.29 is 4.79 Å². The van der Waals surface area contributed by atoms with Gasteiger partial charge in [-0.3, -0.25) is 20.0 Å². The van der Waals surface area contributed by atoms with Gasteiger partial charge in [-0.2, -0.15) is 0 Å². The van der Waals surface area contributed by atoms with Gasteiger partial charge in [0.2, 0.25) is 0 Å². The smallest absolute Gasteiger partial charge is 0.265 e. The van der Waals surface area contributed by atoms with E-state index in [-0.39, 0.29) is 5.91 Å². The van der Waals surface area contributed by atoms with Crippen molar-refractivity contribution in [3.63, 3.8) is 0 Å². The lowest BCUT2D eigenvalue weighted by Crippen LogP contribution is -2.51. The quantitative estimate of drug-likeness (QED) is 0.485. The second-order valence-electron chi connectivity index (χ2n) is 5.38. The fraction of sp³-hybridized carbons (Fsp3) is 0.533. The topological polar surface area (TPSA) is 61.6 Å². The van der Waals surface area contributed by atoms with Crippen LogP contribution in [0.1, 0.15) is 29.8 Å². The molecule has 1 atom stereocenters. The van der Waals surface area contributed by atoms with Crippen molar-refractivity contribution in [1.82, 2.24) is 15.2 Å². The zero-order chi connectivity index (χ0) is 14.5. The first-order chi connectivity index (χ1) is 9.63. The Morgan fingerprint density at radius 3 is 2.60 bits per heavy atom. The molecule has 1 fully saturated rings. The van der Waals surface area contributed by atoms with Crippen LogP contribution in [0.5, 0.6) is 0 Å². The standard InChI is InChI=1S/C15H24N4O/c1-3-19-9-8-18(10-12(19)2)11-13-4-6-14(7-5-13)15(20)17-16/h4-7,12H,3,8-11,16H2,1-2H3,(H,17,20). The normalized spacial score (nSPS) is 20.9. The van der Waals surface area contributed by atoms with E-state index >= 15 is 0 Å². The second-order valence-corrected chi connectivity index (χ2v) is 5.38. The van der Waals surface area contributed by atoms with Crippen LogP contribution in [-0.4, -0.2) is 47.9 Å². The van der Waals surface area contributed by atoms with Crippen LogP contribution < -0.4 is 11.3 Å². The number of nitrogens with one attached hydrogen (secondary N) is 1. The number of hydrogen-bond acceptors (Lipinski definition) is 4. The van der Waals surface area contributed by atoms with Gasteiger partial charge in [0.15, 0.2) is 0 Å². The summed E-state index contributed by atoms with van der Waals surface area (Å²) >= 11 is 0. The summed E-state index contributed by atoms with van der Waals surface area (Å²) in [5.41, 5.74) is 3.97. The van der Waals surface area contributed by atoms with E-state index in [2.05, 4.69) is 29.1 Å². The molecule has 0 saturated carbocycles. The highest BCUT2D eigenvalue weighted by Gasteiger charge is 2.22. The first kappa shape index (κ1) is 15.0. The van der Waals surface area contributed by atoms with Crippen molar-refractivity contribution in [3.8, 4) is 0 Å². The van der Waals surface area contributed by atoms with Gasteiger partial charge in [0.05, 0.1) is 0 Å². The number of nitrogen functional groups attached to an aromatic ring is 1. The highest BCUT2D eigenvalue weighted by atomic mass is 16.2. The molecule has 20 heavy (non-hydrogen) atoms. The molecule has 1 saturated heterocycles. The third-order valence-electron chi connectivity index (χ3n) is 4.01. The molecule has 0 bridgehead atoms. The Hall–Kier alpha value is -1.43. The van der Waals surface area contributed by atoms with Gasteiger partial charge in [-0.25, -0.2) is 5.84 Å². The van der Waals surface area contributed by atoms with Crippen molar-refractivity contribution in [1.29, 1.82) is 0 Å². The van der Waals surface area contributed by atoms with Crippen LogP contribution in [0.4, 0.5) is 0 Å². The molecule has 0 spiro atoms. The van der Waals surface area contributed by atoms with E-state index in [0.717, 1.165) is 32.7 Å². The highest BCUT2D eigenvalue weighted by Crippen LogP contribution is 2.13. The average Bonchev–Trinajstić information content (AvgIpc) is 2.47. The Morgan fingerprint density at radius 1 is 1.35 bits per heavy atom. The van der Waals surface area contributed by atoms with E-state index in [4.69, 9.17) is 5.84 Å². The Kier molecular flexibility index (Phi) is 5.11. The SMILES string of the molecule is CCN1CCN(Cc2ccc(C(=O)NN)cc2)CC1C. The zero-order valence-electron chi connectivity index (χ0n) is 12.3. The fourth-order valence-electron chi connectivity index (χ4n) is 2.79. The maximum Gasteiger partial charge on any atom is 0.265 e. The number of benzene rings is 1. The summed E-state index contributed by atoms with van der Waals surface area (Å²) in [6.45, 7) is 9.88. The summed E-state index contributed by atoms with van der Waals surface area (Å²) in [4.78, 5) is 16.3. The van der Waals surface area contributed by atoms with Gasteiger partial charge in [-0.05, 0) is 31.2 Å². The summed E-state index contributed by atoms with van der Waals surface area (Å²) in [7, 11) is 0. The number of nitrogens with two attached hydrogens (primary N) is 1. The number of likely N-dealkylation sites (N-methyl/N-ethyl adjacent to an activating group) is 1. The van der Waals surface area contributed by atoms with Crippen molar-refractivity contribution in [2.24, 2.45) is 5.84 Å². The van der Waals surface area contributed by atoms with E-state index in [1.54, 1.807) is 0 Å². The van der Waals surface area contributed by atoms with Crippen LogP contribution in [0, 0.1) is 0 Å². The van der Waals surface area contributed by atoms with Crippen LogP contribution in [-0.2, 0) is 6.54 Å².